The Hall–Kier alpha value is -3.74. The highest BCUT2D eigenvalue weighted by Gasteiger charge is 2.69. The first-order chi connectivity index (χ1) is 19.0. The van der Waals surface area contributed by atoms with E-state index in [1.54, 1.807) is 4.90 Å². The van der Waals surface area contributed by atoms with Crippen LogP contribution in [0.4, 0.5) is 5.69 Å². The van der Waals surface area contributed by atoms with Crippen LogP contribution in [0.2, 0.25) is 0 Å². The van der Waals surface area contributed by atoms with Crippen LogP contribution in [0.1, 0.15) is 49.8 Å². The zero-order valence-electron chi connectivity index (χ0n) is 22.6. The molecule has 1 saturated heterocycles. The van der Waals surface area contributed by atoms with Crippen LogP contribution in [0.25, 0.3) is 0 Å². The highest BCUT2D eigenvalue weighted by molar-refractivity contribution is 6.08. The van der Waals surface area contributed by atoms with Gasteiger partial charge >= 0.3 is 0 Å². The van der Waals surface area contributed by atoms with Gasteiger partial charge in [-0.05, 0) is 30.5 Å². The fourth-order valence-corrected chi connectivity index (χ4v) is 6.26. The summed E-state index contributed by atoms with van der Waals surface area (Å²) in [7, 11) is 0. The van der Waals surface area contributed by atoms with Gasteiger partial charge in [0, 0.05) is 42.7 Å². The Morgan fingerprint density at radius 1 is 0.872 bits per heavy atom. The van der Waals surface area contributed by atoms with Gasteiger partial charge in [0.1, 0.15) is 0 Å². The summed E-state index contributed by atoms with van der Waals surface area (Å²) in [6.45, 7) is 5.29. The van der Waals surface area contributed by atoms with E-state index in [1.165, 1.54) is 0 Å². The minimum Gasteiger partial charge on any atom is -0.329 e. The summed E-state index contributed by atoms with van der Waals surface area (Å²) in [4.78, 5) is 32.0. The number of unbranched alkanes of at least 4 members (excludes halogenated alkanes) is 1. The average molecular weight is 523 g/mol. The fraction of sp³-hybridized carbons (Fsp3) is 0.333. The van der Waals surface area contributed by atoms with Gasteiger partial charge in [-0.3, -0.25) is 14.5 Å². The lowest BCUT2D eigenvalue weighted by Gasteiger charge is -2.38. The van der Waals surface area contributed by atoms with Crippen molar-refractivity contribution in [2.75, 3.05) is 18.1 Å². The van der Waals surface area contributed by atoms with Gasteiger partial charge in [0.25, 0.3) is 17.7 Å². The van der Waals surface area contributed by atoms with Crippen molar-refractivity contribution in [3.8, 4) is 0 Å². The fourth-order valence-electron chi connectivity index (χ4n) is 6.26. The highest BCUT2D eigenvalue weighted by atomic mass is 16.7. The molecule has 200 valence electrons. The lowest BCUT2D eigenvalue weighted by Crippen LogP contribution is -2.53. The largest absolute Gasteiger partial charge is 0.329 e. The van der Waals surface area contributed by atoms with Crippen LogP contribution < -0.4 is 4.90 Å². The van der Waals surface area contributed by atoms with Crippen molar-refractivity contribution in [2.45, 2.75) is 57.6 Å². The quantitative estimate of drug-likeness (QED) is 0.361. The lowest BCUT2D eigenvalue weighted by molar-refractivity contribution is -0.291. The van der Waals surface area contributed by atoms with Gasteiger partial charge in [-0.25, -0.2) is 0 Å². The smallest absolute Gasteiger partial charge is 0.280 e. The second-order valence-electron chi connectivity index (χ2n) is 10.4. The van der Waals surface area contributed by atoms with E-state index >= 15 is 0 Å². The van der Waals surface area contributed by atoms with Crippen LogP contribution in [0.3, 0.4) is 0 Å². The lowest BCUT2D eigenvalue weighted by atomic mass is 9.88. The Kier molecular flexibility index (Phi) is 6.61. The molecule has 6 heteroatoms. The highest BCUT2D eigenvalue weighted by Crippen LogP contribution is 2.59. The van der Waals surface area contributed by atoms with Gasteiger partial charge in [-0.15, -0.1) is 0 Å². The number of para-hydroxylation sites is 1. The minimum absolute atomic E-state index is 0.0644. The van der Waals surface area contributed by atoms with Gasteiger partial charge in [-0.2, -0.15) is 0 Å². The number of carbonyl (C=O) groups is 2. The zero-order chi connectivity index (χ0) is 27.0. The minimum atomic E-state index is -1.39. The topological polar surface area (TPSA) is 59.1 Å². The van der Waals surface area contributed by atoms with Crippen LogP contribution >= 0.6 is 0 Å². The molecule has 0 unspecified atom stereocenters. The van der Waals surface area contributed by atoms with E-state index in [-0.39, 0.29) is 18.2 Å². The molecule has 3 aliphatic heterocycles. The molecule has 6 rings (SSSR count). The van der Waals surface area contributed by atoms with E-state index in [2.05, 4.69) is 6.92 Å². The van der Waals surface area contributed by atoms with Gasteiger partial charge in [-0.1, -0.05) is 92.2 Å². The normalized spacial score (nSPS) is 23.7. The third-order valence-electron chi connectivity index (χ3n) is 8.05. The molecule has 1 spiro atoms. The molecule has 0 aliphatic carbocycles. The summed E-state index contributed by atoms with van der Waals surface area (Å²) < 4.78 is 13.4. The number of fused-ring (bicyclic) bond motifs is 3. The molecular weight excluding hydrogens is 488 g/mol. The molecular formula is C33H34N2O4. The van der Waals surface area contributed by atoms with E-state index in [0.717, 1.165) is 40.8 Å². The van der Waals surface area contributed by atoms with E-state index in [9.17, 15) is 9.59 Å². The van der Waals surface area contributed by atoms with Crippen molar-refractivity contribution < 1.29 is 19.1 Å². The maximum absolute atomic E-state index is 14.5. The second-order valence-corrected chi connectivity index (χ2v) is 10.4. The Labute approximate surface area is 229 Å². The molecule has 3 aromatic carbocycles. The number of hydrogen-bond donors (Lipinski definition) is 0. The van der Waals surface area contributed by atoms with Crippen molar-refractivity contribution in [3.63, 3.8) is 0 Å². The van der Waals surface area contributed by atoms with Crippen LogP contribution in [0.15, 0.2) is 96.1 Å². The Balaban J connectivity index is 1.48. The van der Waals surface area contributed by atoms with Gasteiger partial charge in [0.05, 0.1) is 12.2 Å². The van der Waals surface area contributed by atoms with Crippen LogP contribution in [0, 0.1) is 0 Å². The molecule has 0 bridgehead atoms. The third-order valence-corrected chi connectivity index (χ3v) is 8.05. The first-order valence-corrected chi connectivity index (χ1v) is 13.9. The van der Waals surface area contributed by atoms with Crippen molar-refractivity contribution >= 4 is 17.5 Å². The van der Waals surface area contributed by atoms with Crippen LogP contribution in [-0.2, 0) is 37.6 Å². The van der Waals surface area contributed by atoms with E-state index < -0.39 is 11.5 Å². The van der Waals surface area contributed by atoms with E-state index in [4.69, 9.17) is 9.47 Å². The number of amides is 2. The molecule has 6 nitrogen and oxygen atoms in total. The molecule has 0 saturated carbocycles. The van der Waals surface area contributed by atoms with E-state index in [0.29, 0.717) is 31.7 Å². The first-order valence-electron chi connectivity index (χ1n) is 13.9. The standard InChI is InChI=1S/C33H34N2O4/c1-3-5-20-35-30(36)26(21-24-14-8-6-9-15-24)28-22-32(39-33(28,35)38-4-2)27-18-12-13-19-29(27)34(31(32)37)23-25-16-10-7-11-17-25/h6-19H,3-5,20-23H2,1-2H3/t32-,33+/m0/s1. The second kappa shape index (κ2) is 10.1. The van der Waals surface area contributed by atoms with Crippen molar-refractivity contribution in [1.82, 2.24) is 4.90 Å². The number of carbonyl (C=O) groups excluding carboxylic acids is 2. The molecule has 39 heavy (non-hydrogen) atoms. The third kappa shape index (κ3) is 4.01. The van der Waals surface area contributed by atoms with Gasteiger partial charge in [0.2, 0.25) is 0 Å². The zero-order valence-corrected chi connectivity index (χ0v) is 22.6. The number of ether oxygens (including phenoxy) is 2. The molecule has 1 fully saturated rings. The molecule has 0 radical (unpaired) electrons. The predicted octanol–water partition coefficient (Wildman–Crippen LogP) is 5.72. The average Bonchev–Trinajstić information content (AvgIpc) is 3.49. The maximum Gasteiger partial charge on any atom is 0.280 e. The molecule has 0 aromatic heterocycles. The number of nitrogens with zero attached hydrogens (tertiary/aromatic N) is 2. The van der Waals surface area contributed by atoms with E-state index in [1.807, 2.05) is 96.8 Å². The summed E-state index contributed by atoms with van der Waals surface area (Å²) in [5.74, 6) is -1.57. The molecule has 2 atom stereocenters. The number of rotatable bonds is 9. The summed E-state index contributed by atoms with van der Waals surface area (Å²) in [5, 5.41) is 0. The van der Waals surface area contributed by atoms with Gasteiger partial charge < -0.3 is 14.4 Å². The molecule has 3 aromatic rings. The first kappa shape index (κ1) is 25.5. The Morgan fingerprint density at radius 3 is 2.23 bits per heavy atom. The van der Waals surface area contributed by atoms with Crippen LogP contribution in [-0.4, -0.2) is 35.8 Å². The SMILES string of the molecule is CCCCN1C(=O)C(Cc2ccccc2)=C2C[C@@]3(O[C@]21OCC)C(=O)N(Cc1ccccc1)c1ccccc13. The summed E-state index contributed by atoms with van der Waals surface area (Å²) in [5.41, 5.74) is 3.94. The summed E-state index contributed by atoms with van der Waals surface area (Å²) in [6, 6.07) is 27.8. The molecule has 2 amide bonds. The molecule has 3 aliphatic rings. The maximum atomic E-state index is 14.5. The number of anilines is 1. The summed E-state index contributed by atoms with van der Waals surface area (Å²) >= 11 is 0. The number of benzene rings is 3. The molecule has 3 heterocycles. The van der Waals surface area contributed by atoms with Crippen molar-refractivity contribution in [2.24, 2.45) is 0 Å². The predicted molar refractivity (Wildman–Crippen MR) is 150 cm³/mol. The van der Waals surface area contributed by atoms with Crippen LogP contribution in [0.5, 0.6) is 0 Å². The van der Waals surface area contributed by atoms with Crippen molar-refractivity contribution in [3.05, 3.63) is 113 Å². The summed E-state index contributed by atoms with van der Waals surface area (Å²) in [6.07, 6.45) is 2.49. The number of hydrogen-bond acceptors (Lipinski definition) is 4. The monoisotopic (exact) mass is 522 g/mol. The Morgan fingerprint density at radius 2 is 1.54 bits per heavy atom. The van der Waals surface area contributed by atoms with Gasteiger partial charge in [0.15, 0.2) is 5.60 Å². The molecule has 0 N–H and O–H groups in total. The Bertz CT molecular complexity index is 1420. The van der Waals surface area contributed by atoms with Crippen molar-refractivity contribution in [1.29, 1.82) is 0 Å².